The molecule has 0 aliphatic carbocycles. The van der Waals surface area contributed by atoms with Crippen LogP contribution in [0.2, 0.25) is 0 Å². The van der Waals surface area contributed by atoms with E-state index in [1.165, 1.54) is 5.56 Å². The molecule has 0 amide bonds. The maximum absolute atomic E-state index is 8.58. The van der Waals surface area contributed by atoms with Crippen LogP contribution >= 0.6 is 0 Å². The van der Waals surface area contributed by atoms with Crippen molar-refractivity contribution in [1.29, 1.82) is 5.26 Å². The number of aromatic nitrogens is 1. The first-order valence-electron chi connectivity index (χ1n) is 5.19. The molecular weight excluding hydrogens is 198 g/mol. The van der Waals surface area contributed by atoms with Gasteiger partial charge in [-0.15, -0.1) is 0 Å². The lowest BCUT2D eigenvalue weighted by molar-refractivity contribution is 0.367. The zero-order chi connectivity index (χ0) is 11.4. The van der Waals surface area contributed by atoms with E-state index in [0.29, 0.717) is 6.54 Å². The van der Waals surface area contributed by atoms with E-state index < -0.39 is 0 Å². The van der Waals surface area contributed by atoms with Crippen molar-refractivity contribution in [2.75, 3.05) is 13.6 Å². The average Bonchev–Trinajstić information content (AvgIpc) is 2.29. The van der Waals surface area contributed by atoms with Gasteiger partial charge in [0.1, 0.15) is 0 Å². The average molecular weight is 211 g/mol. The van der Waals surface area contributed by atoms with E-state index in [9.17, 15) is 0 Å². The number of fused-ring (bicyclic) bond motifs is 1. The Morgan fingerprint density at radius 3 is 3.06 bits per heavy atom. The second-order valence-electron chi connectivity index (χ2n) is 3.86. The molecule has 0 atom stereocenters. The number of nitrogens with zero attached hydrogens (tertiary/aromatic N) is 3. The Morgan fingerprint density at radius 1 is 1.38 bits per heavy atom. The van der Waals surface area contributed by atoms with Crippen molar-refractivity contribution < 1.29 is 0 Å². The summed E-state index contributed by atoms with van der Waals surface area (Å²) in [4.78, 5) is 6.26. The largest absolute Gasteiger partial charge is 0.289 e. The Hall–Kier alpha value is -1.92. The van der Waals surface area contributed by atoms with E-state index >= 15 is 0 Å². The van der Waals surface area contributed by atoms with Crippen molar-refractivity contribution >= 4 is 10.9 Å². The minimum Gasteiger partial charge on any atom is -0.289 e. The summed E-state index contributed by atoms with van der Waals surface area (Å²) >= 11 is 0. The van der Waals surface area contributed by atoms with E-state index in [2.05, 4.69) is 29.3 Å². The lowest BCUT2D eigenvalue weighted by Gasteiger charge is -2.12. The molecular formula is C13H13N3. The molecule has 0 spiro atoms. The molecule has 80 valence electrons. The predicted molar refractivity (Wildman–Crippen MR) is 63.7 cm³/mol. The highest BCUT2D eigenvalue weighted by Gasteiger charge is 2.00. The SMILES string of the molecule is CN(CC#N)Cc1ccc2ncccc2c1. The molecule has 0 saturated carbocycles. The highest BCUT2D eigenvalue weighted by molar-refractivity contribution is 5.78. The molecule has 0 aliphatic rings. The first kappa shape index (κ1) is 10.6. The molecule has 0 unspecified atom stereocenters. The van der Waals surface area contributed by atoms with E-state index in [1.807, 2.05) is 24.1 Å². The summed E-state index contributed by atoms with van der Waals surface area (Å²) in [6, 6.07) is 12.3. The van der Waals surface area contributed by atoms with Gasteiger partial charge >= 0.3 is 0 Å². The zero-order valence-corrected chi connectivity index (χ0v) is 9.22. The molecule has 0 aliphatic heterocycles. The van der Waals surface area contributed by atoms with Crippen LogP contribution in [-0.4, -0.2) is 23.5 Å². The Balaban J connectivity index is 2.23. The number of hydrogen-bond acceptors (Lipinski definition) is 3. The van der Waals surface area contributed by atoms with Crippen molar-refractivity contribution in [3.05, 3.63) is 42.1 Å². The molecule has 1 heterocycles. The summed E-state index contributed by atoms with van der Waals surface area (Å²) in [6.45, 7) is 1.24. The number of hydrogen-bond donors (Lipinski definition) is 0. The van der Waals surface area contributed by atoms with Gasteiger partial charge in [0.2, 0.25) is 0 Å². The first-order chi connectivity index (χ1) is 7.79. The van der Waals surface area contributed by atoms with Gasteiger partial charge in [0.05, 0.1) is 18.1 Å². The van der Waals surface area contributed by atoms with Crippen molar-refractivity contribution in [2.45, 2.75) is 6.54 Å². The molecule has 16 heavy (non-hydrogen) atoms. The highest BCUT2D eigenvalue weighted by atomic mass is 15.1. The van der Waals surface area contributed by atoms with E-state index in [-0.39, 0.29) is 0 Å². The molecule has 1 aromatic carbocycles. The zero-order valence-electron chi connectivity index (χ0n) is 9.22. The second-order valence-corrected chi connectivity index (χ2v) is 3.86. The van der Waals surface area contributed by atoms with Crippen molar-refractivity contribution in [2.24, 2.45) is 0 Å². The van der Waals surface area contributed by atoms with Gasteiger partial charge in [-0.3, -0.25) is 9.88 Å². The van der Waals surface area contributed by atoms with Gasteiger partial charge < -0.3 is 0 Å². The third-order valence-electron chi connectivity index (χ3n) is 2.46. The summed E-state index contributed by atoms with van der Waals surface area (Å²) in [5.74, 6) is 0. The lowest BCUT2D eigenvalue weighted by atomic mass is 10.1. The third kappa shape index (κ3) is 2.36. The monoisotopic (exact) mass is 211 g/mol. The summed E-state index contributed by atoms with van der Waals surface area (Å²) in [5, 5.41) is 9.73. The Labute approximate surface area is 94.9 Å². The molecule has 3 nitrogen and oxygen atoms in total. The van der Waals surface area contributed by atoms with Crippen LogP contribution in [-0.2, 0) is 6.54 Å². The lowest BCUT2D eigenvalue weighted by Crippen LogP contribution is -2.17. The smallest absolute Gasteiger partial charge is 0.0866 e. The van der Waals surface area contributed by atoms with Gasteiger partial charge in [0.25, 0.3) is 0 Å². The molecule has 0 radical (unpaired) electrons. The molecule has 2 rings (SSSR count). The minimum atomic E-state index is 0.449. The highest BCUT2D eigenvalue weighted by Crippen LogP contribution is 2.14. The molecule has 1 aromatic heterocycles. The van der Waals surface area contributed by atoms with Crippen LogP contribution < -0.4 is 0 Å². The number of nitriles is 1. The first-order valence-corrected chi connectivity index (χ1v) is 5.19. The van der Waals surface area contributed by atoms with Crippen LogP contribution in [0.5, 0.6) is 0 Å². The van der Waals surface area contributed by atoms with Gasteiger partial charge in [-0.05, 0) is 30.8 Å². The van der Waals surface area contributed by atoms with Gasteiger partial charge in [-0.25, -0.2) is 0 Å². The molecule has 0 fully saturated rings. The minimum absolute atomic E-state index is 0.449. The van der Waals surface area contributed by atoms with Crippen LogP contribution in [0.3, 0.4) is 0 Å². The fourth-order valence-electron chi connectivity index (χ4n) is 1.71. The summed E-state index contributed by atoms with van der Waals surface area (Å²) in [7, 11) is 1.94. The molecule has 3 heteroatoms. The fraction of sp³-hybridized carbons (Fsp3) is 0.231. The normalized spacial score (nSPS) is 10.6. The van der Waals surface area contributed by atoms with E-state index in [0.717, 1.165) is 17.4 Å². The number of pyridine rings is 1. The van der Waals surface area contributed by atoms with Gasteiger partial charge in [-0.1, -0.05) is 12.1 Å². The van der Waals surface area contributed by atoms with Crippen LogP contribution in [0.25, 0.3) is 10.9 Å². The second kappa shape index (κ2) is 4.73. The van der Waals surface area contributed by atoms with E-state index in [1.54, 1.807) is 6.20 Å². The van der Waals surface area contributed by atoms with Crippen LogP contribution in [0, 0.1) is 11.3 Å². The van der Waals surface area contributed by atoms with Crippen LogP contribution in [0.4, 0.5) is 0 Å². The number of rotatable bonds is 3. The number of benzene rings is 1. The standard InChI is InChI=1S/C13H13N3/c1-16(8-6-14)10-11-4-5-13-12(9-11)3-2-7-15-13/h2-5,7,9H,8,10H2,1H3. The Kier molecular flexibility index (Phi) is 3.13. The third-order valence-corrected chi connectivity index (χ3v) is 2.46. The van der Waals surface area contributed by atoms with Crippen molar-refractivity contribution in [1.82, 2.24) is 9.88 Å². The summed E-state index contributed by atoms with van der Waals surface area (Å²) in [5.41, 5.74) is 2.22. The van der Waals surface area contributed by atoms with Gasteiger partial charge in [-0.2, -0.15) is 5.26 Å². The Morgan fingerprint density at radius 2 is 2.25 bits per heavy atom. The molecule has 2 aromatic rings. The van der Waals surface area contributed by atoms with Crippen molar-refractivity contribution in [3.63, 3.8) is 0 Å². The fourth-order valence-corrected chi connectivity index (χ4v) is 1.71. The quantitative estimate of drug-likeness (QED) is 0.731. The van der Waals surface area contributed by atoms with Gasteiger partial charge in [0.15, 0.2) is 0 Å². The summed E-state index contributed by atoms with van der Waals surface area (Å²) in [6.07, 6.45) is 1.80. The van der Waals surface area contributed by atoms with Crippen LogP contribution in [0.1, 0.15) is 5.56 Å². The maximum Gasteiger partial charge on any atom is 0.0866 e. The summed E-state index contributed by atoms with van der Waals surface area (Å²) < 4.78 is 0. The van der Waals surface area contributed by atoms with Crippen LogP contribution in [0.15, 0.2) is 36.5 Å². The molecule has 0 N–H and O–H groups in total. The maximum atomic E-state index is 8.58. The Bertz CT molecular complexity index is 528. The molecule has 0 bridgehead atoms. The predicted octanol–water partition coefficient (Wildman–Crippen LogP) is 2.19. The van der Waals surface area contributed by atoms with Crippen molar-refractivity contribution in [3.8, 4) is 6.07 Å². The van der Waals surface area contributed by atoms with E-state index in [4.69, 9.17) is 5.26 Å². The van der Waals surface area contributed by atoms with Gasteiger partial charge in [0, 0.05) is 18.1 Å². The topological polar surface area (TPSA) is 39.9 Å². The molecule has 0 saturated heterocycles.